The molecule has 1 unspecified atom stereocenters. The first-order valence-corrected chi connectivity index (χ1v) is 11.7. The Balaban J connectivity index is 1.59. The highest BCUT2D eigenvalue weighted by Crippen LogP contribution is 2.55. The van der Waals surface area contributed by atoms with E-state index in [1.165, 1.54) is 23.9 Å². The van der Waals surface area contributed by atoms with Gasteiger partial charge in [-0.2, -0.15) is 0 Å². The lowest BCUT2D eigenvalue weighted by Crippen LogP contribution is -2.50. The maximum atomic E-state index is 14.0. The van der Waals surface area contributed by atoms with Crippen molar-refractivity contribution in [2.75, 3.05) is 17.2 Å². The fourth-order valence-corrected chi connectivity index (χ4v) is 6.08. The SMILES string of the molecule is Cc1ccc2c(c1)C1(SCCN1C(=O)c1cccc(Cl)c1)C(=O)N2Cc1ccc(F)cc1. The summed E-state index contributed by atoms with van der Waals surface area (Å²) in [5.41, 5.74) is 3.89. The van der Waals surface area contributed by atoms with Crippen molar-refractivity contribution in [1.29, 1.82) is 0 Å². The number of hydrogen-bond acceptors (Lipinski definition) is 3. The Kier molecular flexibility index (Phi) is 5.22. The first-order valence-electron chi connectivity index (χ1n) is 10.3. The van der Waals surface area contributed by atoms with Gasteiger partial charge < -0.3 is 9.80 Å². The van der Waals surface area contributed by atoms with Gasteiger partial charge in [0.2, 0.25) is 0 Å². The quantitative estimate of drug-likeness (QED) is 0.520. The van der Waals surface area contributed by atoms with Crippen molar-refractivity contribution in [3.8, 4) is 0 Å². The van der Waals surface area contributed by atoms with Crippen LogP contribution < -0.4 is 4.90 Å². The van der Waals surface area contributed by atoms with E-state index in [2.05, 4.69) is 0 Å². The number of fused-ring (bicyclic) bond motifs is 2. The molecule has 2 amide bonds. The number of anilines is 1. The lowest BCUT2D eigenvalue weighted by atomic mass is 10.0. The Morgan fingerprint density at radius 2 is 1.91 bits per heavy atom. The average molecular weight is 467 g/mol. The van der Waals surface area contributed by atoms with Crippen molar-refractivity contribution in [1.82, 2.24) is 4.90 Å². The molecule has 5 rings (SSSR count). The van der Waals surface area contributed by atoms with Gasteiger partial charge in [-0.3, -0.25) is 9.59 Å². The van der Waals surface area contributed by atoms with E-state index in [9.17, 15) is 14.0 Å². The molecule has 0 bridgehead atoms. The highest BCUT2D eigenvalue weighted by atomic mass is 35.5. The molecule has 3 aromatic carbocycles. The number of halogens is 2. The molecule has 1 saturated heterocycles. The van der Waals surface area contributed by atoms with Gasteiger partial charge in [0.1, 0.15) is 5.82 Å². The van der Waals surface area contributed by atoms with Gasteiger partial charge in [0.25, 0.3) is 11.8 Å². The minimum atomic E-state index is -1.12. The number of carbonyl (C=O) groups is 2. The summed E-state index contributed by atoms with van der Waals surface area (Å²) in [6.07, 6.45) is 0. The summed E-state index contributed by atoms with van der Waals surface area (Å²) in [5.74, 6) is -0.0450. The van der Waals surface area contributed by atoms with Crippen molar-refractivity contribution in [2.24, 2.45) is 0 Å². The molecule has 1 fully saturated rings. The third-order valence-electron chi connectivity index (χ3n) is 5.92. The van der Waals surface area contributed by atoms with Crippen LogP contribution >= 0.6 is 23.4 Å². The number of amides is 2. The van der Waals surface area contributed by atoms with Gasteiger partial charge in [0.15, 0.2) is 4.87 Å². The van der Waals surface area contributed by atoms with Crippen molar-refractivity contribution in [3.63, 3.8) is 0 Å². The van der Waals surface area contributed by atoms with Crippen LogP contribution in [0.2, 0.25) is 5.02 Å². The van der Waals surface area contributed by atoms with Gasteiger partial charge in [-0.1, -0.05) is 47.5 Å². The maximum absolute atomic E-state index is 14.0. The zero-order valence-corrected chi connectivity index (χ0v) is 18.9. The van der Waals surface area contributed by atoms with Crippen LogP contribution in [0, 0.1) is 12.7 Å². The summed E-state index contributed by atoms with van der Waals surface area (Å²) < 4.78 is 13.4. The number of benzene rings is 3. The zero-order valence-electron chi connectivity index (χ0n) is 17.3. The lowest BCUT2D eigenvalue weighted by Gasteiger charge is -2.33. The summed E-state index contributed by atoms with van der Waals surface area (Å²) in [6, 6.07) is 18.8. The number of nitrogens with zero attached hydrogens (tertiary/aromatic N) is 2. The average Bonchev–Trinajstić information content (AvgIpc) is 3.32. The minimum Gasteiger partial charge on any atom is -0.311 e. The van der Waals surface area contributed by atoms with Crippen LogP contribution in [0.15, 0.2) is 66.7 Å². The van der Waals surface area contributed by atoms with Crippen molar-refractivity contribution >= 4 is 40.9 Å². The van der Waals surface area contributed by atoms with E-state index in [-0.39, 0.29) is 17.6 Å². The Hall–Kier alpha value is -2.83. The molecule has 32 heavy (non-hydrogen) atoms. The zero-order chi connectivity index (χ0) is 22.5. The van der Waals surface area contributed by atoms with Crippen molar-refractivity contribution < 1.29 is 14.0 Å². The van der Waals surface area contributed by atoms with Crippen LogP contribution in [0.1, 0.15) is 27.0 Å². The van der Waals surface area contributed by atoms with Gasteiger partial charge >= 0.3 is 0 Å². The van der Waals surface area contributed by atoms with Gasteiger partial charge in [0, 0.05) is 28.4 Å². The minimum absolute atomic E-state index is 0.152. The first-order chi connectivity index (χ1) is 15.4. The van der Waals surface area contributed by atoms with E-state index in [4.69, 9.17) is 11.6 Å². The summed E-state index contributed by atoms with van der Waals surface area (Å²) >= 11 is 7.61. The van der Waals surface area contributed by atoms with E-state index >= 15 is 0 Å². The molecule has 7 heteroatoms. The third-order valence-corrected chi connectivity index (χ3v) is 7.57. The Morgan fingerprint density at radius 3 is 2.66 bits per heavy atom. The molecule has 0 radical (unpaired) electrons. The Labute approximate surface area is 195 Å². The second-order valence-electron chi connectivity index (χ2n) is 8.00. The topological polar surface area (TPSA) is 40.6 Å². The Bertz CT molecular complexity index is 1230. The van der Waals surface area contributed by atoms with Crippen LogP contribution in [0.5, 0.6) is 0 Å². The van der Waals surface area contributed by atoms with Crippen molar-refractivity contribution in [3.05, 3.63) is 99.8 Å². The smallest absolute Gasteiger partial charge is 0.268 e. The molecule has 1 atom stereocenters. The summed E-state index contributed by atoms with van der Waals surface area (Å²) in [4.78, 5) is 29.8. The molecule has 2 aliphatic heterocycles. The highest BCUT2D eigenvalue weighted by Gasteiger charge is 2.59. The van der Waals surface area contributed by atoms with Crippen LogP contribution in [0.4, 0.5) is 10.1 Å². The van der Waals surface area contributed by atoms with E-state index in [1.807, 2.05) is 25.1 Å². The first kappa shape index (κ1) is 21.0. The van der Waals surface area contributed by atoms with Gasteiger partial charge in [0.05, 0.1) is 12.2 Å². The van der Waals surface area contributed by atoms with Crippen LogP contribution in [0.3, 0.4) is 0 Å². The van der Waals surface area contributed by atoms with E-state index < -0.39 is 4.87 Å². The molecular formula is C25H20ClFN2O2S. The number of thioether (sulfide) groups is 1. The summed E-state index contributed by atoms with van der Waals surface area (Å²) in [6.45, 7) is 2.74. The highest BCUT2D eigenvalue weighted by molar-refractivity contribution is 8.01. The fourth-order valence-electron chi connectivity index (χ4n) is 4.44. The van der Waals surface area contributed by atoms with Gasteiger partial charge in [-0.05, 0) is 48.9 Å². The van der Waals surface area contributed by atoms with Crippen LogP contribution in [-0.4, -0.2) is 29.0 Å². The molecule has 0 aromatic heterocycles. The van der Waals surface area contributed by atoms with Crippen molar-refractivity contribution in [2.45, 2.75) is 18.3 Å². The van der Waals surface area contributed by atoms with E-state index in [0.717, 1.165) is 22.4 Å². The second-order valence-corrected chi connectivity index (χ2v) is 9.72. The predicted octanol–water partition coefficient (Wildman–Crippen LogP) is 5.38. The predicted molar refractivity (Wildman–Crippen MR) is 125 cm³/mol. The monoisotopic (exact) mass is 466 g/mol. The van der Waals surface area contributed by atoms with Crippen LogP contribution in [0.25, 0.3) is 0 Å². The second kappa shape index (κ2) is 7.94. The molecular weight excluding hydrogens is 447 g/mol. The molecule has 0 aliphatic carbocycles. The number of rotatable bonds is 3. The molecule has 2 aliphatic rings. The number of hydrogen-bond donors (Lipinski definition) is 0. The molecule has 0 saturated carbocycles. The number of aryl methyl sites for hydroxylation is 1. The summed E-state index contributed by atoms with van der Waals surface area (Å²) in [7, 11) is 0. The molecule has 0 N–H and O–H groups in total. The maximum Gasteiger partial charge on any atom is 0.268 e. The molecule has 4 nitrogen and oxygen atoms in total. The molecule has 1 spiro atoms. The van der Waals surface area contributed by atoms with E-state index in [0.29, 0.717) is 29.4 Å². The standard InChI is InChI=1S/C25H20ClFN2O2S/c1-16-5-10-22-21(13-16)25(24(31)28(22)15-17-6-8-20(27)9-7-17)29(11-12-32-25)23(30)18-3-2-4-19(26)14-18/h2-10,13-14H,11-12,15H2,1H3. The molecule has 3 aromatic rings. The third kappa shape index (κ3) is 3.29. The lowest BCUT2D eigenvalue weighted by molar-refractivity contribution is -0.123. The number of carbonyl (C=O) groups excluding carboxylic acids is 2. The largest absolute Gasteiger partial charge is 0.311 e. The normalized spacial score (nSPS) is 19.7. The fraction of sp³-hybridized carbons (Fsp3) is 0.200. The van der Waals surface area contributed by atoms with Crippen LogP contribution in [-0.2, 0) is 16.2 Å². The summed E-state index contributed by atoms with van der Waals surface area (Å²) in [5, 5.41) is 0.476. The Morgan fingerprint density at radius 1 is 1.12 bits per heavy atom. The van der Waals surface area contributed by atoms with E-state index in [1.54, 1.807) is 46.2 Å². The molecule has 2 heterocycles. The van der Waals surface area contributed by atoms with Gasteiger partial charge in [-0.15, -0.1) is 11.8 Å². The molecule has 162 valence electrons. The van der Waals surface area contributed by atoms with Gasteiger partial charge in [-0.25, -0.2) is 4.39 Å².